The summed E-state index contributed by atoms with van der Waals surface area (Å²) in [6.45, 7) is 11.2. The van der Waals surface area contributed by atoms with Crippen molar-refractivity contribution in [2.75, 3.05) is 4.90 Å². The summed E-state index contributed by atoms with van der Waals surface area (Å²) >= 11 is 6.22. The van der Waals surface area contributed by atoms with Gasteiger partial charge in [-0.1, -0.05) is 18.5 Å². The van der Waals surface area contributed by atoms with E-state index >= 15 is 0 Å². The highest BCUT2D eigenvalue weighted by atomic mass is 35.5. The van der Waals surface area contributed by atoms with Crippen LogP contribution < -0.4 is 4.90 Å². The maximum absolute atomic E-state index is 9.14. The van der Waals surface area contributed by atoms with Gasteiger partial charge in [0.05, 0.1) is 10.6 Å². The summed E-state index contributed by atoms with van der Waals surface area (Å²) in [5.41, 5.74) is 3.12. The van der Waals surface area contributed by atoms with Gasteiger partial charge in [0.1, 0.15) is 6.07 Å². The van der Waals surface area contributed by atoms with E-state index < -0.39 is 0 Å². The first kappa shape index (κ1) is 14.2. The van der Waals surface area contributed by atoms with Crippen LogP contribution in [-0.4, -0.2) is 11.6 Å². The molecule has 0 aromatic heterocycles. The van der Waals surface area contributed by atoms with Crippen LogP contribution in [-0.2, 0) is 0 Å². The van der Waals surface area contributed by atoms with Crippen molar-refractivity contribution in [1.82, 2.24) is 0 Å². The number of nitrogens with zero attached hydrogens (tertiary/aromatic N) is 2. The van der Waals surface area contributed by atoms with Crippen LogP contribution in [0, 0.1) is 11.3 Å². The minimum atomic E-state index is 0.109. The minimum Gasteiger partial charge on any atom is -0.364 e. The molecule has 0 amide bonds. The van der Waals surface area contributed by atoms with Crippen molar-refractivity contribution in [2.24, 2.45) is 0 Å². The van der Waals surface area contributed by atoms with Crippen molar-refractivity contribution in [2.45, 2.75) is 58.5 Å². The van der Waals surface area contributed by atoms with Gasteiger partial charge in [0.15, 0.2) is 0 Å². The van der Waals surface area contributed by atoms with Crippen LogP contribution in [0.4, 0.5) is 5.69 Å². The molecule has 0 bridgehead atoms. The lowest BCUT2D eigenvalue weighted by atomic mass is 9.79. The largest absolute Gasteiger partial charge is 0.364 e. The Morgan fingerprint density at radius 3 is 2.58 bits per heavy atom. The average molecular weight is 277 g/mol. The Labute approximate surface area is 121 Å². The number of benzene rings is 1. The Bertz CT molecular complexity index is 540. The fourth-order valence-corrected chi connectivity index (χ4v) is 3.73. The second-order valence-electron chi connectivity index (χ2n) is 6.38. The van der Waals surface area contributed by atoms with E-state index in [0.29, 0.717) is 22.5 Å². The molecule has 2 rings (SSSR count). The number of fused-ring (bicyclic) bond motifs is 1. The van der Waals surface area contributed by atoms with E-state index in [1.165, 1.54) is 11.3 Å². The number of hydrogen-bond acceptors (Lipinski definition) is 2. The van der Waals surface area contributed by atoms with Crippen molar-refractivity contribution in [1.29, 1.82) is 5.26 Å². The number of nitriles is 1. The Morgan fingerprint density at radius 2 is 2.05 bits per heavy atom. The molecule has 0 N–H and O–H groups in total. The average Bonchev–Trinajstić information content (AvgIpc) is 2.26. The van der Waals surface area contributed by atoms with Crippen molar-refractivity contribution in [3.8, 4) is 6.07 Å². The maximum Gasteiger partial charge on any atom is 0.101 e. The molecule has 0 saturated carbocycles. The molecule has 0 radical (unpaired) electrons. The molecule has 1 aliphatic heterocycles. The standard InChI is InChI=1S/C16H21ClN2/c1-10(2)19-15-7-14(17)12(9-18)6-13(15)11(3)8-16(19,4)5/h6-7,10-11H,8H2,1-5H3. The van der Waals surface area contributed by atoms with E-state index in [0.717, 1.165) is 6.42 Å². The third-order valence-corrected chi connectivity index (χ3v) is 4.31. The Morgan fingerprint density at radius 1 is 1.42 bits per heavy atom. The Kier molecular flexibility index (Phi) is 3.53. The molecule has 0 spiro atoms. The lowest BCUT2D eigenvalue weighted by Crippen LogP contribution is -2.51. The van der Waals surface area contributed by atoms with Gasteiger partial charge in [0.25, 0.3) is 0 Å². The van der Waals surface area contributed by atoms with E-state index in [1.54, 1.807) is 0 Å². The predicted octanol–water partition coefficient (Wildman–Crippen LogP) is 4.71. The number of hydrogen-bond donors (Lipinski definition) is 0. The summed E-state index contributed by atoms with van der Waals surface area (Å²) in [6.07, 6.45) is 1.09. The van der Waals surface area contributed by atoms with Gasteiger partial charge in [-0.25, -0.2) is 0 Å². The number of anilines is 1. The third-order valence-electron chi connectivity index (χ3n) is 4.00. The minimum absolute atomic E-state index is 0.109. The smallest absolute Gasteiger partial charge is 0.101 e. The zero-order valence-electron chi connectivity index (χ0n) is 12.3. The Balaban J connectivity index is 2.67. The van der Waals surface area contributed by atoms with Crippen LogP contribution in [0.1, 0.15) is 58.1 Å². The molecule has 1 unspecified atom stereocenters. The zero-order chi connectivity index (χ0) is 14.4. The van der Waals surface area contributed by atoms with E-state index in [2.05, 4.69) is 45.6 Å². The first-order valence-corrected chi connectivity index (χ1v) is 7.18. The quantitative estimate of drug-likeness (QED) is 0.742. The zero-order valence-corrected chi connectivity index (χ0v) is 13.0. The molecule has 3 heteroatoms. The van der Waals surface area contributed by atoms with Crippen LogP contribution in [0.25, 0.3) is 0 Å². The number of halogens is 1. The van der Waals surface area contributed by atoms with Gasteiger partial charge in [-0.15, -0.1) is 0 Å². The van der Waals surface area contributed by atoms with Crippen LogP contribution >= 0.6 is 11.6 Å². The summed E-state index contributed by atoms with van der Waals surface area (Å²) in [4.78, 5) is 2.43. The van der Waals surface area contributed by atoms with Crippen molar-refractivity contribution in [3.63, 3.8) is 0 Å². The third kappa shape index (κ3) is 2.32. The molecule has 0 saturated heterocycles. The summed E-state index contributed by atoms with van der Waals surface area (Å²) < 4.78 is 0. The van der Waals surface area contributed by atoms with Crippen LogP contribution in [0.3, 0.4) is 0 Å². The van der Waals surface area contributed by atoms with Crippen molar-refractivity contribution in [3.05, 3.63) is 28.3 Å². The summed E-state index contributed by atoms with van der Waals surface area (Å²) in [7, 11) is 0. The van der Waals surface area contributed by atoms with E-state index in [4.69, 9.17) is 16.9 Å². The second-order valence-corrected chi connectivity index (χ2v) is 6.79. The summed E-state index contributed by atoms with van der Waals surface area (Å²) in [5.74, 6) is 0.448. The van der Waals surface area contributed by atoms with Gasteiger partial charge < -0.3 is 4.90 Å². The Hall–Kier alpha value is -1.20. The van der Waals surface area contributed by atoms with Gasteiger partial charge in [0.2, 0.25) is 0 Å². The maximum atomic E-state index is 9.14. The highest BCUT2D eigenvalue weighted by Crippen LogP contribution is 2.45. The van der Waals surface area contributed by atoms with Crippen LogP contribution in [0.2, 0.25) is 5.02 Å². The lowest BCUT2D eigenvalue weighted by Gasteiger charge is -2.50. The van der Waals surface area contributed by atoms with Crippen LogP contribution in [0.15, 0.2) is 12.1 Å². The molecule has 1 aromatic rings. The van der Waals surface area contributed by atoms with Gasteiger partial charge in [-0.05, 0) is 57.7 Å². The van der Waals surface area contributed by atoms with E-state index in [9.17, 15) is 0 Å². The molecule has 102 valence electrons. The van der Waals surface area contributed by atoms with E-state index in [-0.39, 0.29) is 5.54 Å². The van der Waals surface area contributed by atoms with Gasteiger partial charge in [0, 0.05) is 17.3 Å². The van der Waals surface area contributed by atoms with Crippen molar-refractivity contribution >= 4 is 17.3 Å². The van der Waals surface area contributed by atoms with Gasteiger partial charge >= 0.3 is 0 Å². The fourth-order valence-electron chi connectivity index (χ4n) is 3.53. The summed E-state index contributed by atoms with van der Waals surface area (Å²) in [6, 6.07) is 6.52. The van der Waals surface area contributed by atoms with Gasteiger partial charge in [-0.3, -0.25) is 0 Å². The first-order chi connectivity index (χ1) is 8.77. The van der Waals surface area contributed by atoms with Crippen molar-refractivity contribution < 1.29 is 0 Å². The molecule has 1 aliphatic rings. The van der Waals surface area contributed by atoms with E-state index in [1.807, 2.05) is 12.1 Å². The number of rotatable bonds is 1. The molecule has 0 aliphatic carbocycles. The molecule has 19 heavy (non-hydrogen) atoms. The molecular weight excluding hydrogens is 256 g/mol. The highest BCUT2D eigenvalue weighted by Gasteiger charge is 2.38. The highest BCUT2D eigenvalue weighted by molar-refractivity contribution is 6.32. The molecule has 1 heterocycles. The fraction of sp³-hybridized carbons (Fsp3) is 0.562. The second kappa shape index (κ2) is 4.72. The monoisotopic (exact) mass is 276 g/mol. The molecule has 0 fully saturated rings. The lowest BCUT2D eigenvalue weighted by molar-refractivity contribution is 0.356. The summed E-state index contributed by atoms with van der Waals surface area (Å²) in [5, 5.41) is 9.69. The normalized spacial score (nSPS) is 21.2. The molecule has 1 aromatic carbocycles. The first-order valence-electron chi connectivity index (χ1n) is 6.81. The van der Waals surface area contributed by atoms with Gasteiger partial charge in [-0.2, -0.15) is 5.26 Å². The van der Waals surface area contributed by atoms with Crippen LogP contribution in [0.5, 0.6) is 0 Å². The topological polar surface area (TPSA) is 27.0 Å². The predicted molar refractivity (Wildman–Crippen MR) is 80.9 cm³/mol. The SMILES string of the molecule is CC1CC(C)(C)N(C(C)C)c2cc(Cl)c(C#N)cc21. The molecule has 1 atom stereocenters. The molecule has 2 nitrogen and oxygen atoms in total. The molecular formula is C16H21ClN2.